The van der Waals surface area contributed by atoms with E-state index < -0.39 is 23.4 Å². The van der Waals surface area contributed by atoms with E-state index in [1.165, 1.54) is 0 Å². The van der Waals surface area contributed by atoms with Crippen molar-refractivity contribution in [2.75, 3.05) is 5.73 Å². The molecular formula is C10H12F3N3O. The van der Waals surface area contributed by atoms with E-state index in [2.05, 4.69) is 9.97 Å². The van der Waals surface area contributed by atoms with Gasteiger partial charge in [-0.25, -0.2) is 9.97 Å². The monoisotopic (exact) mass is 247 g/mol. The predicted octanol–water partition coefficient (Wildman–Crippen LogP) is 2.23. The zero-order valence-corrected chi connectivity index (χ0v) is 9.21. The first-order chi connectivity index (χ1) is 7.90. The number of hydrogen-bond acceptors (Lipinski definition) is 4. The molecule has 0 aliphatic carbocycles. The average molecular weight is 247 g/mol. The fourth-order valence-electron chi connectivity index (χ4n) is 1.41. The summed E-state index contributed by atoms with van der Waals surface area (Å²) < 4.78 is 37.8. The van der Waals surface area contributed by atoms with E-state index in [1.54, 1.807) is 0 Å². The number of anilines is 1. The molecular weight excluding hydrogens is 235 g/mol. The summed E-state index contributed by atoms with van der Waals surface area (Å²) in [4.78, 5) is 17.5. The van der Waals surface area contributed by atoms with Crippen LogP contribution in [0.25, 0.3) is 0 Å². The summed E-state index contributed by atoms with van der Waals surface area (Å²) in [7, 11) is 0. The first kappa shape index (κ1) is 13.4. The predicted molar refractivity (Wildman–Crippen MR) is 55.4 cm³/mol. The Bertz CT molecular complexity index is 418. The van der Waals surface area contributed by atoms with Gasteiger partial charge in [-0.3, -0.25) is 4.79 Å². The Hall–Kier alpha value is -1.66. The first-order valence-corrected chi connectivity index (χ1v) is 5.09. The molecule has 0 fully saturated rings. The number of halogens is 3. The van der Waals surface area contributed by atoms with E-state index >= 15 is 0 Å². The maximum atomic E-state index is 12.6. The summed E-state index contributed by atoms with van der Waals surface area (Å²) in [5.41, 5.74) is 3.50. The molecule has 2 N–H and O–H groups in total. The van der Waals surface area contributed by atoms with Gasteiger partial charge in [0.05, 0.1) is 11.3 Å². The van der Waals surface area contributed by atoms with E-state index in [1.807, 2.05) is 6.92 Å². The third-order valence-corrected chi connectivity index (χ3v) is 2.20. The topological polar surface area (TPSA) is 68.9 Å². The van der Waals surface area contributed by atoms with Crippen molar-refractivity contribution in [1.82, 2.24) is 9.97 Å². The second-order valence-corrected chi connectivity index (χ2v) is 3.51. The molecule has 0 bridgehead atoms. The van der Waals surface area contributed by atoms with Gasteiger partial charge in [0.1, 0.15) is 0 Å². The molecule has 0 spiro atoms. The lowest BCUT2D eigenvalue weighted by Gasteiger charge is -2.12. The van der Waals surface area contributed by atoms with E-state index in [0.717, 1.165) is 6.42 Å². The smallest absolute Gasteiger partial charge is 0.368 e. The van der Waals surface area contributed by atoms with Gasteiger partial charge in [0.2, 0.25) is 5.95 Å². The third kappa shape index (κ3) is 3.15. The van der Waals surface area contributed by atoms with Crippen LogP contribution in [-0.4, -0.2) is 16.3 Å². The van der Waals surface area contributed by atoms with Crippen LogP contribution in [0, 0.1) is 0 Å². The number of nitrogen functional groups attached to an aromatic ring is 1. The van der Waals surface area contributed by atoms with Crippen LogP contribution >= 0.6 is 0 Å². The molecule has 0 radical (unpaired) electrons. The summed E-state index contributed by atoms with van der Waals surface area (Å²) in [5, 5.41) is 0. The van der Waals surface area contributed by atoms with Crippen LogP contribution in [0.2, 0.25) is 0 Å². The second-order valence-electron chi connectivity index (χ2n) is 3.51. The Balaban J connectivity index is 3.30. The molecule has 0 amide bonds. The molecule has 7 heteroatoms. The molecule has 0 aliphatic heterocycles. The van der Waals surface area contributed by atoms with Gasteiger partial charge in [-0.15, -0.1) is 0 Å². The Labute approximate surface area is 96.1 Å². The summed E-state index contributed by atoms with van der Waals surface area (Å²) in [6.07, 6.45) is -2.87. The molecule has 0 saturated carbocycles. The number of aldehydes is 1. The average Bonchev–Trinajstić information content (AvgIpc) is 2.24. The number of aromatic nitrogens is 2. The molecule has 0 unspecified atom stereocenters. The zero-order valence-electron chi connectivity index (χ0n) is 9.21. The molecule has 1 aromatic rings. The van der Waals surface area contributed by atoms with Gasteiger partial charge in [-0.1, -0.05) is 13.3 Å². The highest BCUT2D eigenvalue weighted by atomic mass is 19.4. The van der Waals surface area contributed by atoms with Crippen molar-refractivity contribution in [3.05, 3.63) is 17.0 Å². The standard InChI is InChI=1S/C10H12F3N3O/c1-2-3-4-7-6(5-17)8(10(11,12)13)16-9(14)15-7/h5H,2-4H2,1H3,(H2,14,15,16). The van der Waals surface area contributed by atoms with Crippen molar-refractivity contribution < 1.29 is 18.0 Å². The Morgan fingerprint density at radius 3 is 2.47 bits per heavy atom. The highest BCUT2D eigenvalue weighted by Gasteiger charge is 2.37. The first-order valence-electron chi connectivity index (χ1n) is 5.09. The minimum Gasteiger partial charge on any atom is -0.368 e. The number of carbonyl (C=O) groups excluding carboxylic acids is 1. The third-order valence-electron chi connectivity index (χ3n) is 2.20. The van der Waals surface area contributed by atoms with Crippen LogP contribution < -0.4 is 5.73 Å². The normalized spacial score (nSPS) is 11.5. The van der Waals surface area contributed by atoms with Crippen LogP contribution in [0.5, 0.6) is 0 Å². The molecule has 1 rings (SSSR count). The van der Waals surface area contributed by atoms with Gasteiger partial charge < -0.3 is 5.73 Å². The van der Waals surface area contributed by atoms with Crippen LogP contribution in [0.1, 0.15) is 41.5 Å². The van der Waals surface area contributed by atoms with Gasteiger partial charge in [0.25, 0.3) is 0 Å². The van der Waals surface area contributed by atoms with E-state index in [0.29, 0.717) is 6.42 Å². The molecule has 4 nitrogen and oxygen atoms in total. The number of unbranched alkanes of at least 4 members (excludes halogenated alkanes) is 1. The van der Waals surface area contributed by atoms with Crippen molar-refractivity contribution in [3.8, 4) is 0 Å². The summed E-state index contributed by atoms with van der Waals surface area (Å²) in [6, 6.07) is 0. The molecule has 0 aromatic carbocycles. The van der Waals surface area contributed by atoms with Crippen LogP contribution in [0.15, 0.2) is 0 Å². The van der Waals surface area contributed by atoms with Gasteiger partial charge in [0.15, 0.2) is 12.0 Å². The Morgan fingerprint density at radius 2 is 2.00 bits per heavy atom. The lowest BCUT2D eigenvalue weighted by Crippen LogP contribution is -2.17. The van der Waals surface area contributed by atoms with Crippen LogP contribution in [-0.2, 0) is 12.6 Å². The van der Waals surface area contributed by atoms with Gasteiger partial charge in [0, 0.05) is 0 Å². The fourth-order valence-corrected chi connectivity index (χ4v) is 1.41. The Morgan fingerprint density at radius 1 is 1.35 bits per heavy atom. The Kier molecular flexibility index (Phi) is 4.03. The quantitative estimate of drug-likeness (QED) is 0.828. The number of nitrogens with zero attached hydrogens (tertiary/aromatic N) is 2. The van der Waals surface area contributed by atoms with E-state index in [9.17, 15) is 18.0 Å². The fraction of sp³-hybridized carbons (Fsp3) is 0.500. The maximum absolute atomic E-state index is 12.6. The van der Waals surface area contributed by atoms with Crippen molar-refractivity contribution >= 4 is 12.2 Å². The number of rotatable bonds is 4. The number of nitrogens with two attached hydrogens (primary N) is 1. The van der Waals surface area contributed by atoms with Crippen molar-refractivity contribution in [2.45, 2.75) is 32.4 Å². The number of hydrogen-bond donors (Lipinski definition) is 1. The summed E-state index contributed by atoms with van der Waals surface area (Å²) in [5.74, 6) is -0.464. The molecule has 1 aromatic heterocycles. The van der Waals surface area contributed by atoms with Gasteiger partial charge >= 0.3 is 6.18 Å². The maximum Gasteiger partial charge on any atom is 0.434 e. The van der Waals surface area contributed by atoms with E-state index in [-0.39, 0.29) is 18.4 Å². The van der Waals surface area contributed by atoms with Crippen molar-refractivity contribution in [2.24, 2.45) is 0 Å². The number of aryl methyl sites for hydroxylation is 1. The molecule has 1 heterocycles. The molecule has 0 saturated heterocycles. The zero-order chi connectivity index (χ0) is 13.1. The van der Waals surface area contributed by atoms with Crippen LogP contribution in [0.4, 0.5) is 19.1 Å². The van der Waals surface area contributed by atoms with E-state index in [4.69, 9.17) is 5.73 Å². The largest absolute Gasteiger partial charge is 0.434 e. The lowest BCUT2D eigenvalue weighted by atomic mass is 10.1. The minimum atomic E-state index is -4.70. The number of alkyl halides is 3. The summed E-state index contributed by atoms with van der Waals surface area (Å²) in [6.45, 7) is 1.88. The molecule has 0 aliphatic rings. The number of carbonyl (C=O) groups is 1. The highest BCUT2D eigenvalue weighted by molar-refractivity contribution is 5.78. The highest BCUT2D eigenvalue weighted by Crippen LogP contribution is 2.31. The van der Waals surface area contributed by atoms with Gasteiger partial charge in [-0.05, 0) is 12.8 Å². The van der Waals surface area contributed by atoms with Crippen molar-refractivity contribution in [1.29, 1.82) is 0 Å². The second kappa shape index (κ2) is 5.11. The lowest BCUT2D eigenvalue weighted by molar-refractivity contribution is -0.141. The van der Waals surface area contributed by atoms with Crippen LogP contribution in [0.3, 0.4) is 0 Å². The van der Waals surface area contributed by atoms with Gasteiger partial charge in [-0.2, -0.15) is 13.2 Å². The molecule has 0 atom stereocenters. The summed E-state index contributed by atoms with van der Waals surface area (Å²) >= 11 is 0. The SMILES string of the molecule is CCCCc1nc(N)nc(C(F)(F)F)c1C=O. The molecule has 94 valence electrons. The van der Waals surface area contributed by atoms with Crippen molar-refractivity contribution in [3.63, 3.8) is 0 Å². The molecule has 17 heavy (non-hydrogen) atoms. The minimum absolute atomic E-state index is 0.0571.